The zero-order chi connectivity index (χ0) is 15.6. The summed E-state index contributed by atoms with van der Waals surface area (Å²) in [5.41, 5.74) is 0.250. The van der Waals surface area contributed by atoms with Crippen molar-refractivity contribution >= 4 is 15.9 Å². The minimum atomic E-state index is -1.12. The van der Waals surface area contributed by atoms with E-state index in [2.05, 4.69) is 21.2 Å². The number of benzene rings is 2. The maximum atomic E-state index is 14.0. The molecule has 112 valence electrons. The number of rotatable bonds is 4. The van der Waals surface area contributed by atoms with E-state index in [1.165, 1.54) is 24.3 Å². The summed E-state index contributed by atoms with van der Waals surface area (Å²) in [7, 11) is 1.67. The Labute approximate surface area is 129 Å². The second kappa shape index (κ2) is 6.49. The van der Waals surface area contributed by atoms with Gasteiger partial charge in [0.05, 0.1) is 0 Å². The average molecular weight is 360 g/mol. The van der Waals surface area contributed by atoms with Crippen molar-refractivity contribution in [2.45, 2.75) is 13.0 Å². The Morgan fingerprint density at radius 3 is 2.48 bits per heavy atom. The van der Waals surface area contributed by atoms with Crippen molar-refractivity contribution in [3.05, 3.63) is 57.8 Å². The molecule has 2 aromatic rings. The summed E-state index contributed by atoms with van der Waals surface area (Å²) in [6, 6.07) is 6.17. The van der Waals surface area contributed by atoms with Gasteiger partial charge in [0.15, 0.2) is 11.6 Å². The lowest BCUT2D eigenvalue weighted by atomic mass is 10.1. The molecule has 0 aliphatic rings. The lowest BCUT2D eigenvalue weighted by molar-refractivity contribution is 0.403. The zero-order valence-corrected chi connectivity index (χ0v) is 13.0. The number of hydrogen-bond acceptors (Lipinski definition) is 2. The van der Waals surface area contributed by atoms with Gasteiger partial charge in [0.2, 0.25) is 5.82 Å². The molecule has 0 radical (unpaired) electrons. The van der Waals surface area contributed by atoms with Gasteiger partial charge in [-0.1, -0.05) is 22.0 Å². The van der Waals surface area contributed by atoms with Gasteiger partial charge in [-0.2, -0.15) is 4.39 Å². The first kappa shape index (κ1) is 15.9. The molecule has 0 spiro atoms. The van der Waals surface area contributed by atoms with E-state index in [9.17, 15) is 13.2 Å². The molecular formula is C15H13BrF3NO. The molecular weight excluding hydrogens is 347 g/mol. The van der Waals surface area contributed by atoms with Crippen LogP contribution in [0.15, 0.2) is 34.8 Å². The van der Waals surface area contributed by atoms with Gasteiger partial charge in [-0.15, -0.1) is 0 Å². The number of ether oxygens (including phenoxy) is 1. The van der Waals surface area contributed by atoms with Crippen LogP contribution in [-0.4, -0.2) is 7.05 Å². The summed E-state index contributed by atoms with van der Waals surface area (Å²) < 4.78 is 46.8. The van der Waals surface area contributed by atoms with E-state index in [4.69, 9.17) is 4.74 Å². The predicted molar refractivity (Wildman–Crippen MR) is 78.0 cm³/mol. The van der Waals surface area contributed by atoms with Gasteiger partial charge in [0, 0.05) is 16.1 Å². The van der Waals surface area contributed by atoms with Crippen LogP contribution in [0.2, 0.25) is 0 Å². The normalized spacial score (nSPS) is 12.3. The molecule has 0 amide bonds. The Morgan fingerprint density at radius 1 is 1.10 bits per heavy atom. The Kier molecular flexibility index (Phi) is 4.90. The second-order valence-electron chi connectivity index (χ2n) is 4.46. The summed E-state index contributed by atoms with van der Waals surface area (Å²) in [6.07, 6.45) is 0. The maximum Gasteiger partial charge on any atom is 0.201 e. The van der Waals surface area contributed by atoms with E-state index in [1.807, 2.05) is 0 Å². The van der Waals surface area contributed by atoms with Gasteiger partial charge < -0.3 is 10.1 Å². The minimum Gasteiger partial charge on any atom is -0.454 e. The van der Waals surface area contributed by atoms with E-state index in [-0.39, 0.29) is 23.1 Å². The molecule has 1 atom stereocenters. The third-order valence-corrected chi connectivity index (χ3v) is 3.52. The first-order valence-corrected chi connectivity index (χ1v) is 7.01. The molecule has 0 fully saturated rings. The van der Waals surface area contributed by atoms with E-state index in [1.54, 1.807) is 14.0 Å². The highest BCUT2D eigenvalue weighted by Gasteiger charge is 2.18. The molecule has 2 aromatic carbocycles. The van der Waals surface area contributed by atoms with Crippen molar-refractivity contribution in [3.8, 4) is 11.5 Å². The fourth-order valence-electron chi connectivity index (χ4n) is 1.90. The van der Waals surface area contributed by atoms with Crippen LogP contribution in [0.3, 0.4) is 0 Å². The molecule has 0 aliphatic heterocycles. The van der Waals surface area contributed by atoms with E-state index in [0.29, 0.717) is 4.47 Å². The highest BCUT2D eigenvalue weighted by molar-refractivity contribution is 9.10. The van der Waals surface area contributed by atoms with Gasteiger partial charge in [-0.05, 0) is 38.2 Å². The van der Waals surface area contributed by atoms with E-state index >= 15 is 0 Å². The molecule has 1 unspecified atom stereocenters. The largest absolute Gasteiger partial charge is 0.454 e. The van der Waals surface area contributed by atoms with Gasteiger partial charge >= 0.3 is 0 Å². The first-order chi connectivity index (χ1) is 9.93. The highest BCUT2D eigenvalue weighted by Crippen LogP contribution is 2.34. The van der Waals surface area contributed by atoms with Gasteiger partial charge in [-0.3, -0.25) is 0 Å². The van der Waals surface area contributed by atoms with Crippen LogP contribution in [0.5, 0.6) is 11.5 Å². The minimum absolute atomic E-state index is 0.133. The summed E-state index contributed by atoms with van der Waals surface area (Å²) >= 11 is 3.06. The molecule has 0 heterocycles. The predicted octanol–water partition coefficient (Wildman–Crippen LogP) is 4.94. The first-order valence-electron chi connectivity index (χ1n) is 6.22. The lowest BCUT2D eigenvalue weighted by Gasteiger charge is -2.17. The fourth-order valence-corrected chi connectivity index (χ4v) is 2.30. The van der Waals surface area contributed by atoms with Crippen molar-refractivity contribution in [3.63, 3.8) is 0 Å². The molecule has 2 rings (SSSR count). The second-order valence-corrected chi connectivity index (χ2v) is 5.38. The monoisotopic (exact) mass is 359 g/mol. The van der Waals surface area contributed by atoms with Crippen molar-refractivity contribution in [2.24, 2.45) is 0 Å². The van der Waals surface area contributed by atoms with Crippen LogP contribution in [0.1, 0.15) is 18.5 Å². The quantitative estimate of drug-likeness (QED) is 0.780. The topological polar surface area (TPSA) is 21.3 Å². The summed E-state index contributed by atoms with van der Waals surface area (Å²) in [5.74, 6) is -2.82. The SMILES string of the molecule is CNC(C)c1c(F)cccc1Oc1cc(Br)cc(F)c1F. The molecule has 0 saturated heterocycles. The van der Waals surface area contributed by atoms with Gasteiger partial charge in [0.1, 0.15) is 11.6 Å². The Balaban J connectivity index is 2.48. The molecule has 0 saturated carbocycles. The maximum absolute atomic E-state index is 14.0. The van der Waals surface area contributed by atoms with Crippen LogP contribution in [0, 0.1) is 17.5 Å². The van der Waals surface area contributed by atoms with Gasteiger partial charge in [-0.25, -0.2) is 8.78 Å². The Bertz CT molecular complexity index is 664. The molecule has 21 heavy (non-hydrogen) atoms. The third kappa shape index (κ3) is 3.39. The number of hydrogen-bond donors (Lipinski definition) is 1. The van der Waals surface area contributed by atoms with E-state index < -0.39 is 17.5 Å². The van der Waals surface area contributed by atoms with E-state index in [0.717, 1.165) is 6.07 Å². The summed E-state index contributed by atoms with van der Waals surface area (Å²) in [5, 5.41) is 2.89. The number of nitrogens with one attached hydrogen (secondary N) is 1. The molecule has 2 nitrogen and oxygen atoms in total. The van der Waals surface area contributed by atoms with Crippen LogP contribution in [-0.2, 0) is 0 Å². The molecule has 1 N–H and O–H groups in total. The smallest absolute Gasteiger partial charge is 0.201 e. The van der Waals surface area contributed by atoms with Crippen LogP contribution in [0.25, 0.3) is 0 Å². The standard InChI is InChI=1S/C15H13BrF3NO/c1-8(20-2)14-10(17)4-3-5-12(14)21-13-7-9(16)6-11(18)15(13)19/h3-8,20H,1-2H3. The highest BCUT2D eigenvalue weighted by atomic mass is 79.9. The van der Waals surface area contributed by atoms with Crippen LogP contribution < -0.4 is 10.1 Å². The van der Waals surface area contributed by atoms with Crippen LogP contribution in [0.4, 0.5) is 13.2 Å². The Morgan fingerprint density at radius 2 is 1.81 bits per heavy atom. The van der Waals surface area contributed by atoms with Crippen LogP contribution >= 0.6 is 15.9 Å². The van der Waals surface area contributed by atoms with Crippen molar-refractivity contribution in [1.29, 1.82) is 0 Å². The molecule has 0 aliphatic carbocycles. The summed E-state index contributed by atoms with van der Waals surface area (Å²) in [6.45, 7) is 1.74. The average Bonchev–Trinajstić information content (AvgIpc) is 2.43. The van der Waals surface area contributed by atoms with Gasteiger partial charge in [0.25, 0.3) is 0 Å². The molecule has 0 bridgehead atoms. The van der Waals surface area contributed by atoms with Crippen molar-refractivity contribution in [2.75, 3.05) is 7.05 Å². The summed E-state index contributed by atoms with van der Waals surface area (Å²) in [4.78, 5) is 0. The van der Waals surface area contributed by atoms with Crippen molar-refractivity contribution < 1.29 is 17.9 Å². The fraction of sp³-hybridized carbons (Fsp3) is 0.200. The lowest BCUT2D eigenvalue weighted by Crippen LogP contribution is -2.15. The number of halogens is 4. The molecule has 6 heteroatoms. The zero-order valence-electron chi connectivity index (χ0n) is 11.4. The molecule has 0 aromatic heterocycles. The third-order valence-electron chi connectivity index (χ3n) is 3.06. The Hall–Kier alpha value is -1.53. The van der Waals surface area contributed by atoms with Crippen molar-refractivity contribution in [1.82, 2.24) is 5.32 Å².